The molecule has 27 heavy (non-hydrogen) atoms. The van der Waals surface area contributed by atoms with E-state index in [4.69, 9.17) is 16.3 Å². The normalized spacial score (nSPS) is 10.4. The molecule has 0 aliphatic carbocycles. The van der Waals surface area contributed by atoms with Gasteiger partial charge in [0.2, 0.25) is 5.13 Å². The van der Waals surface area contributed by atoms with Gasteiger partial charge in [0.05, 0.1) is 5.56 Å². The molecule has 0 aliphatic heterocycles. The summed E-state index contributed by atoms with van der Waals surface area (Å²) in [6.07, 6.45) is 0. The van der Waals surface area contributed by atoms with Gasteiger partial charge in [0.1, 0.15) is 5.75 Å². The number of ether oxygens (including phenoxy) is 1. The molecule has 3 rings (SSSR count). The number of hydrogen-bond donors (Lipinski definition) is 1. The zero-order chi connectivity index (χ0) is 19.2. The molecule has 1 aromatic heterocycles. The topological polar surface area (TPSA) is 81.2 Å². The fourth-order valence-electron chi connectivity index (χ4n) is 2.11. The van der Waals surface area contributed by atoms with E-state index in [1.165, 1.54) is 30.0 Å². The van der Waals surface area contributed by atoms with Crippen LogP contribution in [0, 0.1) is 0 Å². The quantitative estimate of drug-likeness (QED) is 0.271. The third-order valence-corrected chi connectivity index (χ3v) is 5.58. The largest absolute Gasteiger partial charge is 0.426 e. The number of thioether (sulfide) groups is 1. The van der Waals surface area contributed by atoms with E-state index in [-0.39, 0.29) is 11.3 Å². The van der Waals surface area contributed by atoms with E-state index in [2.05, 4.69) is 15.5 Å². The van der Waals surface area contributed by atoms with Crippen LogP contribution < -0.4 is 10.1 Å². The number of esters is 1. The van der Waals surface area contributed by atoms with Gasteiger partial charge >= 0.3 is 5.97 Å². The molecular weight excluding hydrogens is 406 g/mol. The summed E-state index contributed by atoms with van der Waals surface area (Å²) in [5.74, 6) is 0.00309. The monoisotopic (exact) mass is 419 g/mol. The Morgan fingerprint density at radius 1 is 1.15 bits per heavy atom. The Morgan fingerprint density at radius 2 is 1.89 bits per heavy atom. The van der Waals surface area contributed by atoms with Gasteiger partial charge in [-0.1, -0.05) is 59.0 Å². The van der Waals surface area contributed by atoms with Crippen LogP contribution in [-0.4, -0.2) is 22.1 Å². The fraction of sp³-hybridized carbons (Fsp3) is 0.111. The van der Waals surface area contributed by atoms with E-state index in [0.717, 1.165) is 15.7 Å². The molecular formula is C18H14ClN3O3S2. The molecule has 9 heteroatoms. The van der Waals surface area contributed by atoms with E-state index in [1.54, 1.807) is 24.3 Å². The first-order valence-corrected chi connectivity index (χ1v) is 9.99. The predicted octanol–water partition coefficient (Wildman–Crippen LogP) is 4.66. The van der Waals surface area contributed by atoms with Gasteiger partial charge in [-0.3, -0.25) is 14.9 Å². The molecule has 0 spiro atoms. The number of benzene rings is 2. The lowest BCUT2D eigenvalue weighted by Crippen LogP contribution is -2.14. The van der Waals surface area contributed by atoms with Gasteiger partial charge in [0, 0.05) is 17.7 Å². The van der Waals surface area contributed by atoms with Gasteiger partial charge in [-0.25, -0.2) is 0 Å². The average Bonchev–Trinajstić information content (AvgIpc) is 3.08. The molecule has 6 nitrogen and oxygen atoms in total. The molecule has 1 N–H and O–H groups in total. The number of rotatable bonds is 6. The zero-order valence-corrected chi connectivity index (χ0v) is 16.5. The molecule has 2 aromatic carbocycles. The molecule has 0 radical (unpaired) electrons. The first kappa shape index (κ1) is 19.3. The minimum absolute atomic E-state index is 0.198. The minimum Gasteiger partial charge on any atom is -0.426 e. The van der Waals surface area contributed by atoms with Crippen molar-refractivity contribution in [2.45, 2.75) is 17.0 Å². The van der Waals surface area contributed by atoms with Crippen molar-refractivity contribution < 1.29 is 14.3 Å². The van der Waals surface area contributed by atoms with Crippen LogP contribution in [-0.2, 0) is 10.5 Å². The SMILES string of the molecule is CC(=O)Oc1ccccc1C(=O)Nc1nnc(SCc2ccc(Cl)cc2)s1. The van der Waals surface area contributed by atoms with Crippen molar-refractivity contribution >= 4 is 51.7 Å². The molecule has 1 amide bonds. The van der Waals surface area contributed by atoms with Crippen molar-refractivity contribution in [3.05, 3.63) is 64.7 Å². The van der Waals surface area contributed by atoms with Gasteiger partial charge in [-0.05, 0) is 29.8 Å². The Hall–Kier alpha value is -2.42. The number of nitrogens with zero attached hydrogens (tertiary/aromatic N) is 2. The van der Waals surface area contributed by atoms with Crippen molar-refractivity contribution in [2.75, 3.05) is 5.32 Å². The highest BCUT2D eigenvalue weighted by Crippen LogP contribution is 2.29. The molecule has 1 heterocycles. The number of anilines is 1. The Kier molecular flexibility index (Phi) is 6.44. The highest BCUT2D eigenvalue weighted by Gasteiger charge is 2.16. The number of para-hydroxylation sites is 1. The number of amides is 1. The van der Waals surface area contributed by atoms with E-state index < -0.39 is 11.9 Å². The van der Waals surface area contributed by atoms with Crippen molar-refractivity contribution in [2.24, 2.45) is 0 Å². The standard InChI is InChI=1S/C18H14ClN3O3S2/c1-11(23)25-15-5-3-2-4-14(15)16(24)20-17-21-22-18(27-17)26-10-12-6-8-13(19)9-7-12/h2-9H,10H2,1H3,(H,20,21,24). The number of halogens is 1. The van der Waals surface area contributed by atoms with E-state index >= 15 is 0 Å². The van der Waals surface area contributed by atoms with Crippen molar-refractivity contribution in [1.82, 2.24) is 10.2 Å². The third kappa shape index (κ3) is 5.53. The first-order chi connectivity index (χ1) is 13.0. The number of aromatic nitrogens is 2. The van der Waals surface area contributed by atoms with Crippen molar-refractivity contribution in [3.8, 4) is 5.75 Å². The second kappa shape index (κ2) is 8.98. The van der Waals surface area contributed by atoms with Crippen molar-refractivity contribution in [3.63, 3.8) is 0 Å². The molecule has 0 fully saturated rings. The van der Waals surface area contributed by atoms with Gasteiger partial charge in [-0.15, -0.1) is 10.2 Å². The lowest BCUT2D eigenvalue weighted by atomic mass is 10.2. The second-order valence-electron chi connectivity index (χ2n) is 5.33. The summed E-state index contributed by atoms with van der Waals surface area (Å²) in [6, 6.07) is 14.1. The maximum atomic E-state index is 12.5. The van der Waals surface area contributed by atoms with Crippen LogP contribution in [0.1, 0.15) is 22.8 Å². The number of carbonyl (C=O) groups is 2. The number of carbonyl (C=O) groups excluding carboxylic acids is 2. The molecule has 0 atom stereocenters. The number of hydrogen-bond acceptors (Lipinski definition) is 7. The lowest BCUT2D eigenvalue weighted by Gasteiger charge is -2.07. The summed E-state index contributed by atoms with van der Waals surface area (Å²) in [7, 11) is 0. The Balaban J connectivity index is 1.63. The highest BCUT2D eigenvalue weighted by atomic mass is 35.5. The third-order valence-electron chi connectivity index (χ3n) is 3.29. The molecule has 0 unspecified atom stereocenters. The molecule has 0 saturated carbocycles. The van der Waals surface area contributed by atoms with Crippen LogP contribution in [0.4, 0.5) is 5.13 Å². The van der Waals surface area contributed by atoms with Crippen LogP contribution in [0.3, 0.4) is 0 Å². The van der Waals surface area contributed by atoms with Gasteiger partial charge < -0.3 is 4.74 Å². The second-order valence-corrected chi connectivity index (χ2v) is 7.97. The van der Waals surface area contributed by atoms with E-state index in [0.29, 0.717) is 10.2 Å². The van der Waals surface area contributed by atoms with Crippen LogP contribution in [0.2, 0.25) is 5.02 Å². The average molecular weight is 420 g/mol. The Labute approximate surface area is 168 Å². The Morgan fingerprint density at radius 3 is 2.63 bits per heavy atom. The van der Waals surface area contributed by atoms with E-state index in [9.17, 15) is 9.59 Å². The smallest absolute Gasteiger partial charge is 0.308 e. The summed E-state index contributed by atoms with van der Waals surface area (Å²) in [5, 5.41) is 11.8. The summed E-state index contributed by atoms with van der Waals surface area (Å²) in [5.41, 5.74) is 1.36. The maximum absolute atomic E-state index is 12.5. The van der Waals surface area contributed by atoms with Crippen LogP contribution in [0.15, 0.2) is 52.9 Å². The summed E-state index contributed by atoms with van der Waals surface area (Å²) in [4.78, 5) is 23.6. The predicted molar refractivity (Wildman–Crippen MR) is 107 cm³/mol. The van der Waals surface area contributed by atoms with Gasteiger partial charge in [0.15, 0.2) is 4.34 Å². The summed E-state index contributed by atoms with van der Waals surface area (Å²) >= 11 is 8.66. The maximum Gasteiger partial charge on any atom is 0.308 e. The van der Waals surface area contributed by atoms with Gasteiger partial charge in [-0.2, -0.15) is 0 Å². The Bertz CT molecular complexity index is 960. The minimum atomic E-state index is -0.493. The van der Waals surface area contributed by atoms with Crippen LogP contribution in [0.25, 0.3) is 0 Å². The van der Waals surface area contributed by atoms with Crippen molar-refractivity contribution in [1.29, 1.82) is 0 Å². The summed E-state index contributed by atoms with van der Waals surface area (Å²) < 4.78 is 5.79. The first-order valence-electron chi connectivity index (χ1n) is 7.81. The zero-order valence-electron chi connectivity index (χ0n) is 14.1. The highest BCUT2D eigenvalue weighted by molar-refractivity contribution is 8.00. The molecule has 138 valence electrons. The van der Waals surface area contributed by atoms with Crippen LogP contribution in [0.5, 0.6) is 5.75 Å². The molecule has 3 aromatic rings. The van der Waals surface area contributed by atoms with Crippen LogP contribution >= 0.6 is 34.7 Å². The molecule has 0 saturated heterocycles. The summed E-state index contributed by atoms with van der Waals surface area (Å²) in [6.45, 7) is 1.28. The lowest BCUT2D eigenvalue weighted by molar-refractivity contribution is -0.131. The molecule has 0 bridgehead atoms. The van der Waals surface area contributed by atoms with Gasteiger partial charge in [0.25, 0.3) is 5.91 Å². The molecule has 0 aliphatic rings. The van der Waals surface area contributed by atoms with E-state index in [1.807, 2.05) is 24.3 Å². The fourth-order valence-corrected chi connectivity index (χ4v) is 3.94. The number of nitrogens with one attached hydrogen (secondary N) is 1.